The number of rotatable bonds is 5. The van der Waals surface area contributed by atoms with Crippen molar-refractivity contribution in [3.8, 4) is 11.3 Å². The summed E-state index contributed by atoms with van der Waals surface area (Å²) in [5.41, 5.74) is -0.548. The van der Waals surface area contributed by atoms with Crippen LogP contribution >= 0.6 is 0 Å². The molecule has 0 saturated carbocycles. The van der Waals surface area contributed by atoms with Crippen molar-refractivity contribution < 1.29 is 22.7 Å². The third-order valence-electron chi connectivity index (χ3n) is 7.32. The second kappa shape index (κ2) is 9.71. The van der Waals surface area contributed by atoms with Gasteiger partial charge >= 0.3 is 6.18 Å². The Balaban J connectivity index is 1.37. The minimum atomic E-state index is -4.54. The molecule has 2 saturated heterocycles. The zero-order valence-corrected chi connectivity index (χ0v) is 19.9. The Kier molecular flexibility index (Phi) is 6.61. The number of hydrogen-bond acceptors (Lipinski definition) is 4. The van der Waals surface area contributed by atoms with Crippen molar-refractivity contribution in [2.45, 2.75) is 43.5 Å². The fourth-order valence-corrected chi connectivity index (χ4v) is 5.40. The van der Waals surface area contributed by atoms with Crippen molar-refractivity contribution in [3.05, 3.63) is 70.0 Å². The Bertz CT molecular complexity index is 1330. The molecule has 5 rings (SSSR count). The van der Waals surface area contributed by atoms with Crippen molar-refractivity contribution in [3.63, 3.8) is 0 Å². The van der Waals surface area contributed by atoms with Crippen LogP contribution in [-0.2, 0) is 15.7 Å². The molecule has 1 amide bonds. The molecule has 0 spiro atoms. The Labute approximate surface area is 206 Å². The molecule has 0 bridgehead atoms. The number of nitrogens with zero attached hydrogens (tertiary/aromatic N) is 1. The smallest absolute Gasteiger partial charge is 0.381 e. The van der Waals surface area contributed by atoms with Gasteiger partial charge in [0.1, 0.15) is 0 Å². The first kappa shape index (κ1) is 24.5. The van der Waals surface area contributed by atoms with Crippen LogP contribution in [0.4, 0.5) is 13.2 Å². The van der Waals surface area contributed by atoms with Crippen LogP contribution in [0, 0.1) is 0 Å². The Morgan fingerprint density at radius 1 is 1.06 bits per heavy atom. The number of ether oxygens (including phenoxy) is 1. The summed E-state index contributed by atoms with van der Waals surface area (Å²) in [5, 5.41) is 3.95. The number of methoxy groups -OCH3 is 1. The first-order valence-corrected chi connectivity index (χ1v) is 12.1. The van der Waals surface area contributed by atoms with Gasteiger partial charge in [-0.25, -0.2) is 0 Å². The number of carbonyl (C=O) groups excluding carboxylic acids is 1. The molecule has 190 valence electrons. The van der Waals surface area contributed by atoms with Crippen molar-refractivity contribution in [1.29, 1.82) is 0 Å². The van der Waals surface area contributed by atoms with Crippen molar-refractivity contribution in [2.24, 2.45) is 0 Å². The van der Waals surface area contributed by atoms with Gasteiger partial charge in [-0.2, -0.15) is 13.2 Å². The number of hydrogen-bond donors (Lipinski definition) is 2. The van der Waals surface area contributed by atoms with Gasteiger partial charge in [0.05, 0.1) is 17.6 Å². The highest BCUT2D eigenvalue weighted by molar-refractivity contribution is 5.90. The van der Waals surface area contributed by atoms with E-state index in [9.17, 15) is 22.8 Å². The molecule has 2 aliphatic rings. The third-order valence-corrected chi connectivity index (χ3v) is 7.32. The lowest BCUT2D eigenvalue weighted by Gasteiger charge is -2.32. The lowest BCUT2D eigenvalue weighted by atomic mass is 9.93. The van der Waals surface area contributed by atoms with Gasteiger partial charge in [-0.1, -0.05) is 30.3 Å². The summed E-state index contributed by atoms with van der Waals surface area (Å²) in [5.74, 6) is -0.445. The number of pyridine rings is 1. The second-order valence-electron chi connectivity index (χ2n) is 9.63. The molecular formula is C27H28F3N3O3. The van der Waals surface area contributed by atoms with Gasteiger partial charge in [-0.05, 0) is 48.4 Å². The Morgan fingerprint density at radius 2 is 1.81 bits per heavy atom. The van der Waals surface area contributed by atoms with Crippen LogP contribution < -0.4 is 10.9 Å². The van der Waals surface area contributed by atoms with Gasteiger partial charge in [0, 0.05) is 49.4 Å². The molecule has 1 aromatic heterocycles. The highest BCUT2D eigenvalue weighted by Gasteiger charge is 2.35. The fraction of sp³-hybridized carbons (Fsp3) is 0.407. The molecule has 1 unspecified atom stereocenters. The van der Waals surface area contributed by atoms with Crippen molar-refractivity contribution >= 4 is 16.7 Å². The third kappa shape index (κ3) is 4.90. The SMILES string of the molecule is COC1CCN(CC2C[C@@H](c3ccc4cc(-c5ccccc5C(F)(F)F)[nH]c(=O)c4c3)C(=O)N2)CC1. The molecule has 2 atom stereocenters. The highest BCUT2D eigenvalue weighted by atomic mass is 19.4. The summed E-state index contributed by atoms with van der Waals surface area (Å²) in [6.07, 6.45) is -1.67. The molecule has 3 aromatic rings. The number of carbonyl (C=O) groups is 1. The van der Waals surface area contributed by atoms with Crippen LogP contribution in [0.3, 0.4) is 0 Å². The van der Waals surface area contributed by atoms with E-state index in [0.717, 1.165) is 44.1 Å². The van der Waals surface area contributed by atoms with Crippen molar-refractivity contribution in [2.75, 3.05) is 26.7 Å². The molecule has 3 heterocycles. The molecule has 0 aliphatic carbocycles. The molecule has 2 N–H and O–H groups in total. The highest BCUT2D eigenvalue weighted by Crippen LogP contribution is 2.37. The monoisotopic (exact) mass is 499 g/mol. The zero-order chi connectivity index (χ0) is 25.4. The molecule has 2 aromatic carbocycles. The first-order valence-electron chi connectivity index (χ1n) is 12.1. The number of nitrogens with one attached hydrogen (secondary N) is 2. The normalized spacial score (nSPS) is 21.7. The van der Waals surface area contributed by atoms with Gasteiger partial charge < -0.3 is 19.9 Å². The number of halogens is 3. The van der Waals surface area contributed by atoms with Crippen LogP contribution in [-0.4, -0.2) is 54.7 Å². The van der Waals surface area contributed by atoms with Crippen LogP contribution in [0.25, 0.3) is 22.0 Å². The van der Waals surface area contributed by atoms with E-state index in [1.54, 1.807) is 31.4 Å². The van der Waals surface area contributed by atoms with Gasteiger partial charge in [-0.3, -0.25) is 9.59 Å². The molecular weight excluding hydrogens is 471 g/mol. The number of aromatic amines is 1. The summed E-state index contributed by atoms with van der Waals surface area (Å²) >= 11 is 0. The molecule has 9 heteroatoms. The van der Waals surface area contributed by atoms with E-state index < -0.39 is 17.3 Å². The number of H-pyrrole nitrogens is 1. The van der Waals surface area contributed by atoms with Crippen LogP contribution in [0.2, 0.25) is 0 Å². The number of piperidine rings is 1. The number of benzene rings is 2. The average molecular weight is 500 g/mol. The predicted octanol–water partition coefficient (Wildman–Crippen LogP) is 4.30. The van der Waals surface area contributed by atoms with Gasteiger partial charge in [0.15, 0.2) is 0 Å². The number of amides is 1. The summed E-state index contributed by atoms with van der Waals surface area (Å²) in [6, 6.07) is 11.9. The Hall–Kier alpha value is -3.17. The minimum Gasteiger partial charge on any atom is -0.381 e. The maximum Gasteiger partial charge on any atom is 0.417 e. The molecule has 2 fully saturated rings. The maximum atomic E-state index is 13.5. The van der Waals surface area contributed by atoms with Crippen LogP contribution in [0.5, 0.6) is 0 Å². The molecule has 6 nitrogen and oxygen atoms in total. The van der Waals surface area contributed by atoms with Crippen molar-refractivity contribution in [1.82, 2.24) is 15.2 Å². The van der Waals surface area contributed by atoms with E-state index in [-0.39, 0.29) is 29.1 Å². The Morgan fingerprint density at radius 3 is 2.53 bits per heavy atom. The quantitative estimate of drug-likeness (QED) is 0.549. The second-order valence-corrected chi connectivity index (χ2v) is 9.63. The standard InChI is InChI=1S/C27H28F3N3O3/c1-36-19-8-10-33(11-9-19)15-18-14-22(25(34)31-18)16-6-7-17-13-24(32-26(35)21(17)12-16)20-4-2-3-5-23(20)27(28,29)30/h2-7,12-13,18-19,22H,8-11,14-15H2,1H3,(H,31,34)(H,32,35)/t18?,22-/m0/s1. The first-order chi connectivity index (χ1) is 17.2. The number of likely N-dealkylation sites (tertiary alicyclic amines) is 1. The van der Waals surface area contributed by atoms with E-state index >= 15 is 0 Å². The van der Waals surface area contributed by atoms with Gasteiger partial charge in [0.2, 0.25) is 5.91 Å². The van der Waals surface area contributed by atoms with Crippen LogP contribution in [0.1, 0.15) is 36.3 Å². The number of aromatic nitrogens is 1. The topological polar surface area (TPSA) is 74.4 Å². The minimum absolute atomic E-state index is 0.0248. The number of alkyl halides is 3. The summed E-state index contributed by atoms with van der Waals surface area (Å²) in [7, 11) is 1.74. The molecule has 0 radical (unpaired) electrons. The predicted molar refractivity (Wildman–Crippen MR) is 131 cm³/mol. The van der Waals surface area contributed by atoms with Gasteiger partial charge in [0.25, 0.3) is 5.56 Å². The zero-order valence-electron chi connectivity index (χ0n) is 19.9. The number of fused-ring (bicyclic) bond motifs is 1. The molecule has 2 aliphatic heterocycles. The van der Waals surface area contributed by atoms with E-state index in [1.165, 1.54) is 18.2 Å². The lowest BCUT2D eigenvalue weighted by molar-refractivity contribution is -0.137. The summed E-state index contributed by atoms with van der Waals surface area (Å²) in [4.78, 5) is 30.6. The summed E-state index contributed by atoms with van der Waals surface area (Å²) < 4.78 is 45.9. The molecule has 36 heavy (non-hydrogen) atoms. The largest absolute Gasteiger partial charge is 0.417 e. The fourth-order valence-electron chi connectivity index (χ4n) is 5.40. The average Bonchev–Trinajstić information content (AvgIpc) is 3.23. The van der Waals surface area contributed by atoms with E-state index in [1.807, 2.05) is 0 Å². The van der Waals surface area contributed by atoms with Crippen LogP contribution in [0.15, 0.2) is 53.3 Å². The van der Waals surface area contributed by atoms with E-state index in [2.05, 4.69) is 15.2 Å². The summed E-state index contributed by atoms with van der Waals surface area (Å²) in [6.45, 7) is 2.64. The van der Waals surface area contributed by atoms with E-state index in [0.29, 0.717) is 23.3 Å². The van der Waals surface area contributed by atoms with Gasteiger partial charge in [-0.15, -0.1) is 0 Å². The maximum absolute atomic E-state index is 13.5. The van der Waals surface area contributed by atoms with E-state index in [4.69, 9.17) is 4.74 Å². The lowest BCUT2D eigenvalue weighted by Crippen LogP contribution is -2.43.